The lowest BCUT2D eigenvalue weighted by Crippen LogP contribution is -2.46. The van der Waals surface area contributed by atoms with Gasteiger partial charge in [-0.3, -0.25) is 4.79 Å². The molecule has 1 saturated heterocycles. The minimum absolute atomic E-state index is 0.173. The number of ether oxygens (including phenoxy) is 2. The Morgan fingerprint density at radius 1 is 1.50 bits per heavy atom. The first-order valence-corrected chi connectivity index (χ1v) is 6.56. The van der Waals surface area contributed by atoms with Crippen LogP contribution in [0.15, 0.2) is 18.2 Å². The van der Waals surface area contributed by atoms with E-state index in [1.807, 2.05) is 0 Å². The number of carbonyl (C=O) groups is 1. The molecular formula is C14H20N2O4. The topological polar surface area (TPSA) is 93.8 Å². The summed E-state index contributed by atoms with van der Waals surface area (Å²) in [5, 5.41) is 13.0. The van der Waals surface area contributed by atoms with Crippen molar-refractivity contribution < 1.29 is 19.4 Å². The van der Waals surface area contributed by atoms with Gasteiger partial charge in [0.05, 0.1) is 12.7 Å². The van der Waals surface area contributed by atoms with Gasteiger partial charge in [-0.1, -0.05) is 6.07 Å². The van der Waals surface area contributed by atoms with Crippen molar-refractivity contribution in [3.8, 4) is 5.75 Å². The van der Waals surface area contributed by atoms with Crippen molar-refractivity contribution in [1.29, 1.82) is 0 Å². The highest BCUT2D eigenvalue weighted by atomic mass is 16.5. The zero-order valence-electron chi connectivity index (χ0n) is 11.5. The van der Waals surface area contributed by atoms with Gasteiger partial charge in [-0.05, 0) is 12.1 Å². The average Bonchev–Trinajstić information content (AvgIpc) is 2.45. The summed E-state index contributed by atoms with van der Waals surface area (Å²) < 4.78 is 10.3. The van der Waals surface area contributed by atoms with Gasteiger partial charge in [-0.15, -0.1) is 0 Å². The highest BCUT2D eigenvalue weighted by Gasteiger charge is 2.30. The van der Waals surface area contributed by atoms with Crippen LogP contribution in [-0.4, -0.2) is 43.5 Å². The zero-order chi connectivity index (χ0) is 14.6. The molecule has 110 valence electrons. The molecule has 6 nitrogen and oxygen atoms in total. The molecule has 4 N–H and O–H groups in total. The van der Waals surface area contributed by atoms with Crippen LogP contribution in [0.25, 0.3) is 0 Å². The van der Waals surface area contributed by atoms with Gasteiger partial charge in [0.25, 0.3) is 5.91 Å². The average molecular weight is 280 g/mol. The molecule has 0 aromatic heterocycles. The molecule has 1 aliphatic rings. The number of benzene rings is 1. The number of aliphatic hydroxyl groups is 1. The minimum Gasteiger partial charge on any atom is -0.496 e. The van der Waals surface area contributed by atoms with E-state index in [4.69, 9.17) is 15.2 Å². The summed E-state index contributed by atoms with van der Waals surface area (Å²) in [4.78, 5) is 12.2. The fraction of sp³-hybridized carbons (Fsp3) is 0.500. The predicted molar refractivity (Wildman–Crippen MR) is 74.7 cm³/mol. The maximum atomic E-state index is 12.2. The molecule has 2 rings (SSSR count). The Morgan fingerprint density at radius 3 is 2.85 bits per heavy atom. The van der Waals surface area contributed by atoms with Crippen LogP contribution in [0.5, 0.6) is 5.75 Å². The lowest BCUT2D eigenvalue weighted by atomic mass is 9.94. The SMILES string of the molecule is COc1cccc(N)c1C(=O)NCC1(O)CCOCC1. The Balaban J connectivity index is 2.05. The monoisotopic (exact) mass is 280 g/mol. The quantitative estimate of drug-likeness (QED) is 0.700. The molecule has 1 aromatic rings. The molecule has 0 saturated carbocycles. The number of nitrogen functional groups attached to an aromatic ring is 1. The van der Waals surface area contributed by atoms with E-state index in [0.717, 1.165) is 0 Å². The molecule has 0 radical (unpaired) electrons. The summed E-state index contributed by atoms with van der Waals surface area (Å²) in [6, 6.07) is 5.03. The summed E-state index contributed by atoms with van der Waals surface area (Å²) >= 11 is 0. The maximum absolute atomic E-state index is 12.2. The number of methoxy groups -OCH3 is 1. The number of anilines is 1. The van der Waals surface area contributed by atoms with Gasteiger partial charge in [-0.25, -0.2) is 0 Å². The molecule has 0 unspecified atom stereocenters. The third-order valence-corrected chi connectivity index (χ3v) is 3.51. The van der Waals surface area contributed by atoms with E-state index in [-0.39, 0.29) is 12.5 Å². The highest BCUT2D eigenvalue weighted by Crippen LogP contribution is 2.24. The number of carbonyl (C=O) groups excluding carboxylic acids is 1. The fourth-order valence-corrected chi connectivity index (χ4v) is 2.22. The lowest BCUT2D eigenvalue weighted by molar-refractivity contribution is -0.0605. The lowest BCUT2D eigenvalue weighted by Gasteiger charge is -2.32. The first-order chi connectivity index (χ1) is 9.56. The number of hydrogen-bond acceptors (Lipinski definition) is 5. The van der Waals surface area contributed by atoms with Crippen molar-refractivity contribution in [2.24, 2.45) is 0 Å². The molecule has 1 fully saturated rings. The van der Waals surface area contributed by atoms with Gasteiger partial charge >= 0.3 is 0 Å². The molecule has 0 atom stereocenters. The highest BCUT2D eigenvalue weighted by molar-refractivity contribution is 6.01. The van der Waals surface area contributed by atoms with Crippen LogP contribution < -0.4 is 15.8 Å². The van der Waals surface area contributed by atoms with E-state index in [2.05, 4.69) is 5.32 Å². The van der Waals surface area contributed by atoms with Crippen molar-refractivity contribution in [1.82, 2.24) is 5.32 Å². The van der Waals surface area contributed by atoms with Crippen molar-refractivity contribution in [3.05, 3.63) is 23.8 Å². The third kappa shape index (κ3) is 3.20. The standard InChI is InChI=1S/C14H20N2O4/c1-19-11-4-2-3-10(15)12(11)13(17)16-9-14(18)5-7-20-8-6-14/h2-4,18H,5-9,15H2,1H3,(H,16,17). The summed E-state index contributed by atoms with van der Waals surface area (Å²) in [5.74, 6) is 0.0707. The number of rotatable bonds is 4. The molecule has 0 aliphatic carbocycles. The predicted octanol–water partition coefficient (Wildman–Crippen LogP) is 0.549. The first kappa shape index (κ1) is 14.6. The fourth-order valence-electron chi connectivity index (χ4n) is 2.22. The molecule has 20 heavy (non-hydrogen) atoms. The van der Waals surface area contributed by atoms with Crippen LogP contribution in [0.3, 0.4) is 0 Å². The van der Waals surface area contributed by atoms with Gasteiger partial charge < -0.3 is 25.6 Å². The van der Waals surface area contributed by atoms with Crippen LogP contribution in [0.4, 0.5) is 5.69 Å². The second-order valence-electron chi connectivity index (χ2n) is 4.94. The third-order valence-electron chi connectivity index (χ3n) is 3.51. The molecule has 6 heteroatoms. The first-order valence-electron chi connectivity index (χ1n) is 6.56. The number of nitrogens with two attached hydrogens (primary N) is 1. The van der Waals surface area contributed by atoms with Gasteiger partial charge in [0.2, 0.25) is 0 Å². The van der Waals surface area contributed by atoms with Crippen molar-refractivity contribution in [2.45, 2.75) is 18.4 Å². The molecule has 1 aromatic carbocycles. The normalized spacial score (nSPS) is 17.5. The Labute approximate surface area is 117 Å². The van der Waals surface area contributed by atoms with E-state index in [1.54, 1.807) is 18.2 Å². The van der Waals surface area contributed by atoms with Gasteiger partial charge in [0.15, 0.2) is 0 Å². The van der Waals surface area contributed by atoms with Gasteiger partial charge in [-0.2, -0.15) is 0 Å². The largest absolute Gasteiger partial charge is 0.496 e. The van der Waals surface area contributed by atoms with Crippen molar-refractivity contribution in [3.63, 3.8) is 0 Å². The van der Waals surface area contributed by atoms with E-state index >= 15 is 0 Å². The second kappa shape index (κ2) is 6.11. The molecule has 0 bridgehead atoms. The van der Waals surface area contributed by atoms with Crippen molar-refractivity contribution in [2.75, 3.05) is 32.6 Å². The molecule has 1 heterocycles. The van der Waals surface area contributed by atoms with E-state index in [1.165, 1.54) is 7.11 Å². The van der Waals surface area contributed by atoms with Crippen molar-refractivity contribution >= 4 is 11.6 Å². The number of nitrogens with one attached hydrogen (secondary N) is 1. The van der Waals surface area contributed by atoms with Crippen LogP contribution in [0.1, 0.15) is 23.2 Å². The Bertz CT molecular complexity index is 484. The Hall–Kier alpha value is -1.79. The van der Waals surface area contributed by atoms with Crippen LogP contribution in [0.2, 0.25) is 0 Å². The Kier molecular flexibility index (Phi) is 4.46. The molecule has 1 aliphatic heterocycles. The number of hydrogen-bond donors (Lipinski definition) is 3. The molecule has 0 spiro atoms. The van der Waals surface area contributed by atoms with E-state index in [0.29, 0.717) is 43.1 Å². The molecule has 1 amide bonds. The number of amides is 1. The summed E-state index contributed by atoms with van der Waals surface area (Å²) in [5.41, 5.74) is 5.55. The maximum Gasteiger partial charge on any atom is 0.257 e. The van der Waals surface area contributed by atoms with Crippen LogP contribution in [0, 0.1) is 0 Å². The summed E-state index contributed by atoms with van der Waals surface area (Å²) in [6.45, 7) is 1.18. The van der Waals surface area contributed by atoms with E-state index < -0.39 is 5.60 Å². The van der Waals surface area contributed by atoms with Gasteiger partial charge in [0.1, 0.15) is 11.3 Å². The second-order valence-corrected chi connectivity index (χ2v) is 4.94. The zero-order valence-corrected chi connectivity index (χ0v) is 11.5. The summed E-state index contributed by atoms with van der Waals surface area (Å²) in [7, 11) is 1.48. The van der Waals surface area contributed by atoms with E-state index in [9.17, 15) is 9.90 Å². The summed E-state index contributed by atoms with van der Waals surface area (Å²) in [6.07, 6.45) is 1.02. The minimum atomic E-state index is -0.912. The molecular weight excluding hydrogens is 260 g/mol. The smallest absolute Gasteiger partial charge is 0.257 e. The Morgan fingerprint density at radius 2 is 2.20 bits per heavy atom. The van der Waals surface area contributed by atoms with Gasteiger partial charge in [0, 0.05) is 38.3 Å². The van der Waals surface area contributed by atoms with Crippen LogP contribution >= 0.6 is 0 Å². The van der Waals surface area contributed by atoms with Crippen LogP contribution in [-0.2, 0) is 4.74 Å².